The van der Waals surface area contributed by atoms with Crippen LogP contribution >= 0.6 is 0 Å². The van der Waals surface area contributed by atoms with Crippen LogP contribution in [-0.4, -0.2) is 26.9 Å². The molecule has 0 aliphatic heterocycles. The summed E-state index contributed by atoms with van der Waals surface area (Å²) in [6, 6.07) is 13.8. The van der Waals surface area contributed by atoms with Crippen LogP contribution in [0.25, 0.3) is 0 Å². The number of amides is 1. The van der Waals surface area contributed by atoms with Crippen molar-refractivity contribution in [1.82, 2.24) is 5.32 Å². The Morgan fingerprint density at radius 2 is 1.31 bits per heavy atom. The van der Waals surface area contributed by atoms with E-state index in [1.807, 2.05) is 53.7 Å². The Balaban J connectivity index is 2.39. The van der Waals surface area contributed by atoms with Gasteiger partial charge in [-0.25, -0.2) is 8.42 Å². The minimum absolute atomic E-state index is 0.0237. The molecular weight excluding hydrogens is 384 g/mol. The van der Waals surface area contributed by atoms with E-state index in [1.54, 1.807) is 36.4 Å². The highest BCUT2D eigenvalue weighted by Gasteiger charge is 2.28. The molecule has 2 rings (SSSR count). The summed E-state index contributed by atoms with van der Waals surface area (Å²) in [5.74, 6) is 0.189. The molecule has 0 saturated carbocycles. The average Bonchev–Trinajstić information content (AvgIpc) is 2.65. The van der Waals surface area contributed by atoms with Crippen LogP contribution in [0.4, 0.5) is 5.69 Å². The number of rotatable bonds is 8. The molecule has 0 aliphatic rings. The lowest BCUT2D eigenvalue weighted by molar-refractivity contribution is -0.121. The van der Waals surface area contributed by atoms with Crippen LogP contribution in [0.2, 0.25) is 0 Å². The molecule has 0 aromatic heterocycles. The second-order valence-electron chi connectivity index (χ2n) is 8.24. The maximum absolute atomic E-state index is 13.4. The highest BCUT2D eigenvalue weighted by Crippen LogP contribution is 2.24. The molecule has 0 atom stereocenters. The molecule has 0 saturated heterocycles. The second kappa shape index (κ2) is 9.44. The van der Waals surface area contributed by atoms with Gasteiger partial charge in [-0.15, -0.1) is 0 Å². The van der Waals surface area contributed by atoms with E-state index in [0.717, 1.165) is 11.1 Å². The molecule has 1 N–H and O–H groups in total. The maximum atomic E-state index is 13.4. The van der Waals surface area contributed by atoms with E-state index < -0.39 is 10.0 Å². The van der Waals surface area contributed by atoms with Crippen molar-refractivity contribution in [3.05, 3.63) is 59.7 Å². The van der Waals surface area contributed by atoms with Gasteiger partial charge >= 0.3 is 0 Å². The quantitative estimate of drug-likeness (QED) is 0.698. The first kappa shape index (κ1) is 22.9. The van der Waals surface area contributed by atoms with Gasteiger partial charge in [-0.3, -0.25) is 9.10 Å². The van der Waals surface area contributed by atoms with E-state index in [-0.39, 0.29) is 35.2 Å². The summed E-state index contributed by atoms with van der Waals surface area (Å²) in [5, 5.41) is 3.02. The molecule has 5 nitrogen and oxygen atoms in total. The fourth-order valence-corrected chi connectivity index (χ4v) is 4.75. The van der Waals surface area contributed by atoms with Crippen molar-refractivity contribution in [3.8, 4) is 0 Å². The molecule has 2 aromatic rings. The van der Waals surface area contributed by atoms with Gasteiger partial charge in [-0.1, -0.05) is 63.1 Å². The Morgan fingerprint density at radius 3 is 1.76 bits per heavy atom. The predicted octanol–water partition coefficient (Wildman–Crippen LogP) is 4.30. The average molecular weight is 417 g/mol. The first-order valence-corrected chi connectivity index (χ1v) is 11.4. The Labute approximate surface area is 175 Å². The van der Waals surface area contributed by atoms with Crippen molar-refractivity contribution in [1.29, 1.82) is 0 Å². The number of anilines is 1. The van der Waals surface area contributed by atoms with Crippen molar-refractivity contribution in [2.75, 3.05) is 10.8 Å². The number of nitrogens with zero attached hydrogens (tertiary/aromatic N) is 1. The standard InChI is InChI=1S/C23H32N2O3S/c1-16(2)23(17(3)4)24-22(26)15-25(20-11-7-18(5)8-12-20)29(27,28)21-13-9-19(6)10-14-21/h7-14,16-17,23H,15H2,1-6H3,(H,24,26). The van der Waals surface area contributed by atoms with Crippen LogP contribution in [0.3, 0.4) is 0 Å². The van der Waals surface area contributed by atoms with Crippen LogP contribution in [0.1, 0.15) is 38.8 Å². The van der Waals surface area contributed by atoms with Gasteiger partial charge in [0.1, 0.15) is 6.54 Å². The van der Waals surface area contributed by atoms with Gasteiger partial charge in [0.15, 0.2) is 0 Å². The van der Waals surface area contributed by atoms with Gasteiger partial charge in [0.05, 0.1) is 10.6 Å². The first-order chi connectivity index (χ1) is 13.5. The zero-order valence-electron chi connectivity index (χ0n) is 18.1. The maximum Gasteiger partial charge on any atom is 0.264 e. The number of benzene rings is 2. The Kier molecular flexibility index (Phi) is 7.47. The lowest BCUT2D eigenvalue weighted by Crippen LogP contribution is -2.47. The van der Waals surface area contributed by atoms with E-state index in [2.05, 4.69) is 5.32 Å². The zero-order chi connectivity index (χ0) is 21.8. The Hall–Kier alpha value is -2.34. The molecular formula is C23H32N2O3S. The molecule has 0 bridgehead atoms. The van der Waals surface area contributed by atoms with Crippen LogP contribution in [0.5, 0.6) is 0 Å². The van der Waals surface area contributed by atoms with Crippen molar-refractivity contribution >= 4 is 21.6 Å². The normalized spacial score (nSPS) is 11.9. The van der Waals surface area contributed by atoms with Crippen molar-refractivity contribution in [2.45, 2.75) is 52.5 Å². The van der Waals surface area contributed by atoms with Crippen LogP contribution in [-0.2, 0) is 14.8 Å². The second-order valence-corrected chi connectivity index (χ2v) is 10.1. The molecule has 0 heterocycles. The van der Waals surface area contributed by atoms with E-state index in [4.69, 9.17) is 0 Å². The summed E-state index contributed by atoms with van der Waals surface area (Å²) < 4.78 is 27.9. The molecule has 0 unspecified atom stereocenters. The largest absolute Gasteiger partial charge is 0.351 e. The minimum atomic E-state index is -3.88. The van der Waals surface area contributed by atoms with Gasteiger partial charge in [0.25, 0.3) is 10.0 Å². The van der Waals surface area contributed by atoms with Gasteiger partial charge in [-0.05, 0) is 49.9 Å². The molecule has 6 heteroatoms. The van der Waals surface area contributed by atoms with E-state index in [1.165, 1.54) is 4.31 Å². The molecule has 0 fully saturated rings. The molecule has 0 aliphatic carbocycles. The van der Waals surface area contributed by atoms with Crippen molar-refractivity contribution in [2.24, 2.45) is 11.8 Å². The topological polar surface area (TPSA) is 66.5 Å². The molecule has 1 amide bonds. The fourth-order valence-electron chi connectivity index (χ4n) is 3.33. The highest BCUT2D eigenvalue weighted by atomic mass is 32.2. The van der Waals surface area contributed by atoms with Crippen LogP contribution in [0, 0.1) is 25.7 Å². The molecule has 158 valence electrons. The number of nitrogens with one attached hydrogen (secondary N) is 1. The summed E-state index contributed by atoms with van der Waals surface area (Å²) in [6.07, 6.45) is 0. The van der Waals surface area contributed by atoms with Gasteiger partial charge < -0.3 is 5.32 Å². The third-order valence-electron chi connectivity index (χ3n) is 4.98. The molecule has 0 spiro atoms. The number of sulfonamides is 1. The van der Waals surface area contributed by atoms with Gasteiger partial charge in [-0.2, -0.15) is 0 Å². The number of hydrogen-bond donors (Lipinski definition) is 1. The van der Waals surface area contributed by atoms with Gasteiger partial charge in [0, 0.05) is 6.04 Å². The van der Waals surface area contributed by atoms with E-state index >= 15 is 0 Å². The summed E-state index contributed by atoms with van der Waals surface area (Å²) >= 11 is 0. The number of carbonyl (C=O) groups is 1. The fraction of sp³-hybridized carbons (Fsp3) is 0.435. The summed E-state index contributed by atoms with van der Waals surface area (Å²) in [5.41, 5.74) is 2.46. The lowest BCUT2D eigenvalue weighted by atomic mass is 9.93. The third kappa shape index (κ3) is 5.82. The monoisotopic (exact) mass is 416 g/mol. The van der Waals surface area contributed by atoms with Crippen LogP contribution in [0.15, 0.2) is 53.4 Å². The Morgan fingerprint density at radius 1 is 0.862 bits per heavy atom. The smallest absolute Gasteiger partial charge is 0.264 e. The summed E-state index contributed by atoms with van der Waals surface area (Å²) in [7, 11) is -3.88. The van der Waals surface area contributed by atoms with E-state index in [9.17, 15) is 13.2 Å². The third-order valence-corrected chi connectivity index (χ3v) is 6.77. The zero-order valence-corrected chi connectivity index (χ0v) is 19.0. The lowest BCUT2D eigenvalue weighted by Gasteiger charge is -2.29. The highest BCUT2D eigenvalue weighted by molar-refractivity contribution is 7.92. The summed E-state index contributed by atoms with van der Waals surface area (Å²) in [4.78, 5) is 13.0. The SMILES string of the molecule is Cc1ccc(N(CC(=O)NC(C(C)C)C(C)C)S(=O)(=O)c2ccc(C)cc2)cc1. The van der Waals surface area contributed by atoms with E-state index in [0.29, 0.717) is 5.69 Å². The van der Waals surface area contributed by atoms with Crippen LogP contribution < -0.4 is 9.62 Å². The number of carbonyl (C=O) groups excluding carboxylic acids is 1. The molecule has 2 aromatic carbocycles. The summed E-state index contributed by atoms with van der Waals surface area (Å²) in [6.45, 7) is 11.8. The Bertz CT molecular complexity index is 910. The van der Waals surface area contributed by atoms with Crippen molar-refractivity contribution in [3.63, 3.8) is 0 Å². The minimum Gasteiger partial charge on any atom is -0.351 e. The molecule has 29 heavy (non-hydrogen) atoms. The van der Waals surface area contributed by atoms with Crippen molar-refractivity contribution < 1.29 is 13.2 Å². The number of hydrogen-bond acceptors (Lipinski definition) is 3. The van der Waals surface area contributed by atoms with Gasteiger partial charge in [0.2, 0.25) is 5.91 Å². The molecule has 0 radical (unpaired) electrons. The first-order valence-electron chi connectivity index (χ1n) is 9.98. The number of aryl methyl sites for hydroxylation is 2. The predicted molar refractivity (Wildman–Crippen MR) is 118 cm³/mol.